The van der Waals surface area contributed by atoms with Crippen molar-refractivity contribution in [3.05, 3.63) is 82.7 Å². The second-order valence-corrected chi connectivity index (χ2v) is 9.06. The Labute approximate surface area is 199 Å². The van der Waals surface area contributed by atoms with Crippen molar-refractivity contribution in [3.63, 3.8) is 0 Å². The molecular weight excluding hydrogens is 459 g/mol. The smallest absolute Gasteiger partial charge is 0.272 e. The number of hydrogen-bond donors (Lipinski definition) is 2. The molecule has 0 saturated heterocycles. The first-order chi connectivity index (χ1) is 16.8. The van der Waals surface area contributed by atoms with Gasteiger partial charge in [-0.2, -0.15) is 0 Å². The number of carbonyl (C=O) groups is 2. The minimum Gasteiger partial charge on any atom is -0.348 e. The number of rotatable bonds is 6. The number of halogens is 3. The number of carbonyl (C=O) groups excluding carboxylic acids is 2. The first kappa shape index (κ1) is 23.1. The van der Waals surface area contributed by atoms with Crippen LogP contribution in [-0.4, -0.2) is 38.3 Å². The molecule has 5 rings (SSSR count). The first-order valence-corrected chi connectivity index (χ1v) is 11.4. The fraction of sp³-hybridized carbons (Fsp3) is 0.320. The van der Waals surface area contributed by atoms with E-state index in [9.17, 15) is 22.8 Å². The molecule has 2 aliphatic rings. The molecule has 10 heteroatoms. The summed E-state index contributed by atoms with van der Waals surface area (Å²) >= 11 is 0. The maximum Gasteiger partial charge on any atom is 0.272 e. The van der Waals surface area contributed by atoms with Crippen molar-refractivity contribution in [3.8, 4) is 5.69 Å². The molecule has 2 amide bonds. The predicted molar refractivity (Wildman–Crippen MR) is 121 cm³/mol. The molecule has 7 nitrogen and oxygen atoms in total. The van der Waals surface area contributed by atoms with E-state index < -0.39 is 23.5 Å². The summed E-state index contributed by atoms with van der Waals surface area (Å²) in [6.07, 6.45) is 3.18. The number of nitrogens with two attached hydrogens (primary N) is 1. The molecule has 1 aliphatic carbocycles. The number of amides is 2. The van der Waals surface area contributed by atoms with Gasteiger partial charge in [0.1, 0.15) is 12.1 Å². The number of benzene rings is 2. The van der Waals surface area contributed by atoms with Crippen LogP contribution in [0.3, 0.4) is 0 Å². The van der Waals surface area contributed by atoms with E-state index in [0.29, 0.717) is 11.8 Å². The van der Waals surface area contributed by atoms with E-state index in [4.69, 9.17) is 5.73 Å². The highest BCUT2D eigenvalue weighted by molar-refractivity contribution is 5.94. The van der Waals surface area contributed by atoms with Gasteiger partial charge >= 0.3 is 0 Å². The summed E-state index contributed by atoms with van der Waals surface area (Å²) in [6.45, 7) is 0.416. The van der Waals surface area contributed by atoms with Gasteiger partial charge in [-0.3, -0.25) is 9.59 Å². The van der Waals surface area contributed by atoms with Gasteiger partial charge < -0.3 is 20.5 Å². The standard InChI is InChI=1S/C25H24F3N5O2/c26-18-10-20(28)19(27)8-15(18)7-16(29)9-23(34)32-11-14-3-1-2-4-21(14)33-13-30-24(22(33)12-32)25(35)31-17-5-6-17/h1-4,8,10,13,16-17H,5-7,9,11-12,29H2,(H,31,35)/t16-/m1/s1. The van der Waals surface area contributed by atoms with Crippen LogP contribution in [0.2, 0.25) is 0 Å². The summed E-state index contributed by atoms with van der Waals surface area (Å²) in [5.74, 6) is -3.95. The van der Waals surface area contributed by atoms with E-state index in [-0.39, 0.29) is 55.0 Å². The molecule has 2 aromatic carbocycles. The fourth-order valence-corrected chi connectivity index (χ4v) is 4.33. The summed E-state index contributed by atoms with van der Waals surface area (Å²) in [7, 11) is 0. The SMILES string of the molecule is N[C@@H](CC(=O)N1Cc2ccccc2-n2cnc(C(=O)NC3CC3)c2C1)Cc1cc(F)c(F)cc1F. The van der Waals surface area contributed by atoms with E-state index in [1.165, 1.54) is 0 Å². The quantitative estimate of drug-likeness (QED) is 0.528. The molecule has 35 heavy (non-hydrogen) atoms. The van der Waals surface area contributed by atoms with Gasteiger partial charge in [-0.1, -0.05) is 18.2 Å². The van der Waals surface area contributed by atoms with Crippen LogP contribution in [0.4, 0.5) is 13.2 Å². The Morgan fingerprint density at radius 1 is 1.09 bits per heavy atom. The zero-order valence-electron chi connectivity index (χ0n) is 18.8. The molecular formula is C25H24F3N5O2. The number of fused-ring (bicyclic) bond motifs is 3. The van der Waals surface area contributed by atoms with Gasteiger partial charge in [0, 0.05) is 31.1 Å². The van der Waals surface area contributed by atoms with Gasteiger partial charge in [0.05, 0.1) is 17.9 Å². The largest absolute Gasteiger partial charge is 0.348 e. The second-order valence-electron chi connectivity index (χ2n) is 9.06. The van der Waals surface area contributed by atoms with Crippen LogP contribution in [-0.2, 0) is 24.3 Å². The van der Waals surface area contributed by atoms with Crippen molar-refractivity contribution in [2.45, 2.75) is 50.9 Å². The van der Waals surface area contributed by atoms with Crippen LogP contribution in [0.25, 0.3) is 5.69 Å². The Bertz CT molecular complexity index is 1300. The first-order valence-electron chi connectivity index (χ1n) is 11.4. The Balaban J connectivity index is 1.37. The molecule has 1 atom stereocenters. The summed E-state index contributed by atoms with van der Waals surface area (Å²) in [5.41, 5.74) is 8.55. The van der Waals surface area contributed by atoms with E-state index in [1.807, 2.05) is 28.8 Å². The molecule has 3 N–H and O–H groups in total. The molecule has 1 aromatic heterocycles. The molecule has 1 saturated carbocycles. The summed E-state index contributed by atoms with van der Waals surface area (Å²) in [4.78, 5) is 32.0. The lowest BCUT2D eigenvalue weighted by molar-refractivity contribution is -0.132. The molecule has 0 bridgehead atoms. The Morgan fingerprint density at radius 3 is 2.60 bits per heavy atom. The van der Waals surface area contributed by atoms with Crippen molar-refractivity contribution >= 4 is 11.8 Å². The minimum atomic E-state index is -1.28. The Morgan fingerprint density at radius 2 is 1.83 bits per heavy atom. The maximum absolute atomic E-state index is 14.0. The number of nitrogens with zero attached hydrogens (tertiary/aromatic N) is 3. The van der Waals surface area contributed by atoms with Crippen LogP contribution in [0.5, 0.6) is 0 Å². The highest BCUT2D eigenvalue weighted by Crippen LogP contribution is 2.28. The monoisotopic (exact) mass is 483 g/mol. The van der Waals surface area contributed by atoms with Gasteiger partial charge in [0.25, 0.3) is 5.91 Å². The van der Waals surface area contributed by atoms with E-state index in [2.05, 4.69) is 10.3 Å². The van der Waals surface area contributed by atoms with Gasteiger partial charge in [-0.25, -0.2) is 18.2 Å². The molecule has 182 valence electrons. The highest BCUT2D eigenvalue weighted by atomic mass is 19.2. The van der Waals surface area contributed by atoms with Gasteiger partial charge in [0.15, 0.2) is 17.3 Å². The van der Waals surface area contributed by atoms with Crippen molar-refractivity contribution in [1.82, 2.24) is 19.8 Å². The topological polar surface area (TPSA) is 93.2 Å². The van der Waals surface area contributed by atoms with Crippen molar-refractivity contribution in [2.24, 2.45) is 5.73 Å². The maximum atomic E-state index is 14.0. The van der Waals surface area contributed by atoms with Crippen LogP contribution in [0, 0.1) is 17.5 Å². The second kappa shape index (κ2) is 9.18. The third kappa shape index (κ3) is 4.79. The Hall–Kier alpha value is -3.66. The van der Waals surface area contributed by atoms with Gasteiger partial charge in [-0.15, -0.1) is 0 Å². The third-order valence-corrected chi connectivity index (χ3v) is 6.31. The zero-order chi connectivity index (χ0) is 24.7. The molecule has 3 aromatic rings. The summed E-state index contributed by atoms with van der Waals surface area (Å²) in [6, 6.07) is 8.10. The molecule has 0 spiro atoms. The normalized spacial score (nSPS) is 15.7. The molecule has 0 unspecified atom stereocenters. The fourth-order valence-electron chi connectivity index (χ4n) is 4.33. The number of para-hydroxylation sites is 1. The lowest BCUT2D eigenvalue weighted by Gasteiger charge is -2.23. The average Bonchev–Trinajstić information content (AvgIpc) is 3.56. The van der Waals surface area contributed by atoms with Crippen LogP contribution < -0.4 is 11.1 Å². The number of nitrogens with one attached hydrogen (secondary N) is 1. The lowest BCUT2D eigenvalue weighted by Crippen LogP contribution is -2.36. The molecule has 1 aliphatic heterocycles. The highest BCUT2D eigenvalue weighted by Gasteiger charge is 2.31. The van der Waals surface area contributed by atoms with E-state index >= 15 is 0 Å². The Kier molecular flexibility index (Phi) is 6.06. The number of hydrogen-bond acceptors (Lipinski definition) is 4. The number of aromatic nitrogens is 2. The van der Waals surface area contributed by atoms with E-state index in [1.54, 1.807) is 11.2 Å². The molecule has 2 heterocycles. The lowest BCUT2D eigenvalue weighted by atomic mass is 10.0. The third-order valence-electron chi connectivity index (χ3n) is 6.31. The van der Waals surface area contributed by atoms with Crippen molar-refractivity contribution < 1.29 is 22.8 Å². The van der Waals surface area contributed by atoms with Crippen LogP contribution >= 0.6 is 0 Å². The molecule has 0 radical (unpaired) electrons. The molecule has 1 fully saturated rings. The zero-order valence-corrected chi connectivity index (χ0v) is 18.8. The predicted octanol–water partition coefficient (Wildman–Crippen LogP) is 2.98. The van der Waals surface area contributed by atoms with Crippen LogP contribution in [0.15, 0.2) is 42.7 Å². The summed E-state index contributed by atoms with van der Waals surface area (Å²) < 4.78 is 42.6. The van der Waals surface area contributed by atoms with Crippen LogP contribution in [0.1, 0.15) is 46.6 Å². The van der Waals surface area contributed by atoms with Gasteiger partial charge in [-0.05, 0) is 42.5 Å². The van der Waals surface area contributed by atoms with Gasteiger partial charge in [0.2, 0.25) is 5.91 Å². The van der Waals surface area contributed by atoms with Crippen molar-refractivity contribution in [2.75, 3.05) is 0 Å². The van der Waals surface area contributed by atoms with Crippen molar-refractivity contribution in [1.29, 1.82) is 0 Å². The minimum absolute atomic E-state index is 0.0949. The number of imidazole rings is 1. The summed E-state index contributed by atoms with van der Waals surface area (Å²) in [5, 5.41) is 2.94. The average molecular weight is 483 g/mol. The van der Waals surface area contributed by atoms with E-state index in [0.717, 1.165) is 30.2 Å².